The van der Waals surface area contributed by atoms with Crippen LogP contribution in [-0.2, 0) is 16.1 Å². The molecule has 21 heavy (non-hydrogen) atoms. The summed E-state index contributed by atoms with van der Waals surface area (Å²) in [6, 6.07) is 9.27. The Hall–Kier alpha value is -2.14. The third-order valence-corrected chi connectivity index (χ3v) is 3.88. The second kappa shape index (κ2) is 5.69. The molecule has 5 nitrogen and oxygen atoms in total. The Morgan fingerprint density at radius 3 is 2.71 bits per heavy atom. The maximum Gasteiger partial charge on any atom is 0.251 e. The number of hydrogen-bond acceptors (Lipinski definition) is 3. The number of amides is 1. The van der Waals surface area contributed by atoms with Crippen molar-refractivity contribution in [2.75, 3.05) is 26.3 Å². The minimum Gasteiger partial charge on any atom is -0.378 e. The Kier molecular flexibility index (Phi) is 3.75. The first-order chi connectivity index (χ1) is 10.2. The average Bonchev–Trinajstić information content (AvgIpc) is 2.52. The highest BCUT2D eigenvalue weighted by Gasteiger charge is 2.18. The highest BCUT2D eigenvalue weighted by molar-refractivity contribution is 5.84. The Labute approximate surface area is 122 Å². The molecule has 0 atom stereocenters. The normalized spacial score (nSPS) is 15.4. The largest absolute Gasteiger partial charge is 0.378 e. The lowest BCUT2D eigenvalue weighted by molar-refractivity contribution is -0.135. The summed E-state index contributed by atoms with van der Waals surface area (Å²) in [5.41, 5.74) is 1.61. The van der Waals surface area contributed by atoms with E-state index in [-0.39, 0.29) is 18.0 Å². The number of ether oxygens (including phenoxy) is 1. The summed E-state index contributed by atoms with van der Waals surface area (Å²) >= 11 is 0. The second-order valence-corrected chi connectivity index (χ2v) is 5.26. The lowest BCUT2D eigenvalue weighted by Crippen LogP contribution is -2.43. The predicted octanol–water partition coefficient (Wildman–Crippen LogP) is 1.17. The topological polar surface area (TPSA) is 51.5 Å². The van der Waals surface area contributed by atoms with Gasteiger partial charge in [0.25, 0.3) is 5.56 Å². The quantitative estimate of drug-likeness (QED) is 0.832. The number of aromatic nitrogens is 1. The van der Waals surface area contributed by atoms with E-state index in [9.17, 15) is 9.59 Å². The molecule has 0 saturated carbocycles. The van der Waals surface area contributed by atoms with Gasteiger partial charge >= 0.3 is 0 Å². The third kappa shape index (κ3) is 2.69. The molecule has 1 aliphatic rings. The molecule has 1 saturated heterocycles. The molecule has 0 aliphatic carbocycles. The Balaban J connectivity index is 1.96. The first-order valence-corrected chi connectivity index (χ1v) is 7.11. The van der Waals surface area contributed by atoms with Crippen LogP contribution >= 0.6 is 0 Å². The number of benzene rings is 1. The van der Waals surface area contributed by atoms with Crippen molar-refractivity contribution >= 4 is 16.8 Å². The van der Waals surface area contributed by atoms with Crippen molar-refractivity contribution in [1.82, 2.24) is 9.47 Å². The van der Waals surface area contributed by atoms with Gasteiger partial charge in [0.1, 0.15) is 6.54 Å². The van der Waals surface area contributed by atoms with E-state index in [1.165, 1.54) is 0 Å². The van der Waals surface area contributed by atoms with Gasteiger partial charge in [0, 0.05) is 24.5 Å². The lowest BCUT2D eigenvalue weighted by atomic mass is 10.1. The first kappa shape index (κ1) is 13.8. The maximum atomic E-state index is 12.4. The number of morpholine rings is 1. The van der Waals surface area contributed by atoms with Crippen LogP contribution in [0.15, 0.2) is 35.1 Å². The van der Waals surface area contributed by atoms with Crippen molar-refractivity contribution in [3.8, 4) is 0 Å². The van der Waals surface area contributed by atoms with E-state index in [0.717, 1.165) is 16.5 Å². The summed E-state index contributed by atoms with van der Waals surface area (Å²) < 4.78 is 6.80. The highest BCUT2D eigenvalue weighted by atomic mass is 16.5. The van der Waals surface area contributed by atoms with Crippen molar-refractivity contribution in [3.05, 3.63) is 46.2 Å². The number of nitrogens with zero attached hydrogens (tertiary/aromatic N) is 2. The lowest BCUT2D eigenvalue weighted by Gasteiger charge is -2.27. The molecule has 1 aromatic carbocycles. The Bertz CT molecular complexity index is 730. The molecule has 0 radical (unpaired) electrons. The van der Waals surface area contributed by atoms with E-state index in [0.29, 0.717) is 26.3 Å². The van der Waals surface area contributed by atoms with Gasteiger partial charge in [0.2, 0.25) is 5.91 Å². The average molecular weight is 286 g/mol. The van der Waals surface area contributed by atoms with Gasteiger partial charge in [-0.2, -0.15) is 0 Å². The molecule has 2 aromatic rings. The van der Waals surface area contributed by atoms with Gasteiger partial charge in [-0.15, -0.1) is 0 Å². The van der Waals surface area contributed by atoms with Gasteiger partial charge in [0.15, 0.2) is 0 Å². The van der Waals surface area contributed by atoms with E-state index >= 15 is 0 Å². The SMILES string of the molecule is Cc1cc(=O)n(CC(=O)N2CCOCC2)c2ccccc12. The molecule has 0 N–H and O–H groups in total. The summed E-state index contributed by atoms with van der Waals surface area (Å²) in [6.07, 6.45) is 0. The molecule has 0 unspecified atom stereocenters. The summed E-state index contributed by atoms with van der Waals surface area (Å²) in [5, 5.41) is 1.01. The van der Waals surface area contributed by atoms with E-state index in [1.807, 2.05) is 31.2 Å². The molecule has 110 valence electrons. The molecule has 5 heteroatoms. The molecular weight excluding hydrogens is 268 g/mol. The van der Waals surface area contributed by atoms with Gasteiger partial charge < -0.3 is 9.64 Å². The van der Waals surface area contributed by atoms with Crippen LogP contribution < -0.4 is 5.56 Å². The van der Waals surface area contributed by atoms with Crippen molar-refractivity contribution in [2.24, 2.45) is 0 Å². The maximum absolute atomic E-state index is 12.4. The van der Waals surface area contributed by atoms with Crippen LogP contribution in [0, 0.1) is 6.92 Å². The standard InChI is InChI=1S/C16H18N2O3/c1-12-10-15(19)18(14-5-3-2-4-13(12)14)11-16(20)17-6-8-21-9-7-17/h2-5,10H,6-9,11H2,1H3. The van der Waals surface area contributed by atoms with Crippen LogP contribution in [0.25, 0.3) is 10.9 Å². The van der Waals surface area contributed by atoms with Crippen molar-refractivity contribution in [3.63, 3.8) is 0 Å². The van der Waals surface area contributed by atoms with Crippen LogP contribution in [0.5, 0.6) is 0 Å². The molecule has 1 aromatic heterocycles. The predicted molar refractivity (Wildman–Crippen MR) is 80.3 cm³/mol. The van der Waals surface area contributed by atoms with E-state index in [2.05, 4.69) is 0 Å². The number of fused-ring (bicyclic) bond motifs is 1. The summed E-state index contributed by atoms with van der Waals surface area (Å²) in [5.74, 6) is -0.0330. The zero-order valence-corrected chi connectivity index (χ0v) is 12.0. The van der Waals surface area contributed by atoms with Gasteiger partial charge in [-0.1, -0.05) is 18.2 Å². The smallest absolute Gasteiger partial charge is 0.251 e. The molecule has 0 bridgehead atoms. The van der Waals surface area contributed by atoms with Gasteiger partial charge in [-0.05, 0) is 18.6 Å². The van der Waals surface area contributed by atoms with Gasteiger partial charge in [0.05, 0.1) is 18.7 Å². The van der Waals surface area contributed by atoms with Crippen molar-refractivity contribution in [1.29, 1.82) is 0 Å². The summed E-state index contributed by atoms with van der Waals surface area (Å²) in [4.78, 5) is 26.4. The minimum atomic E-state index is -0.132. The van der Waals surface area contributed by atoms with Crippen LogP contribution in [-0.4, -0.2) is 41.7 Å². The molecule has 3 rings (SSSR count). The molecule has 1 aliphatic heterocycles. The number of para-hydroxylation sites is 1. The zero-order chi connectivity index (χ0) is 14.8. The molecule has 1 fully saturated rings. The minimum absolute atomic E-state index is 0.0330. The zero-order valence-electron chi connectivity index (χ0n) is 12.0. The van der Waals surface area contributed by atoms with Crippen LogP contribution in [0.4, 0.5) is 0 Å². The first-order valence-electron chi connectivity index (χ1n) is 7.11. The monoisotopic (exact) mass is 286 g/mol. The third-order valence-electron chi connectivity index (χ3n) is 3.88. The van der Waals surface area contributed by atoms with Crippen molar-refractivity contribution in [2.45, 2.75) is 13.5 Å². The fourth-order valence-electron chi connectivity index (χ4n) is 2.71. The fraction of sp³-hybridized carbons (Fsp3) is 0.375. The Morgan fingerprint density at radius 1 is 1.24 bits per heavy atom. The number of carbonyl (C=O) groups excluding carboxylic acids is 1. The molecular formula is C16H18N2O3. The number of hydrogen-bond donors (Lipinski definition) is 0. The summed E-state index contributed by atoms with van der Waals surface area (Å²) in [6.45, 7) is 4.32. The number of pyridine rings is 1. The fourth-order valence-corrected chi connectivity index (χ4v) is 2.71. The van der Waals surface area contributed by atoms with Crippen molar-refractivity contribution < 1.29 is 9.53 Å². The molecule has 0 spiro atoms. The molecule has 2 heterocycles. The molecule has 1 amide bonds. The number of carbonyl (C=O) groups is 1. The second-order valence-electron chi connectivity index (χ2n) is 5.26. The summed E-state index contributed by atoms with van der Waals surface area (Å²) in [7, 11) is 0. The van der Waals surface area contributed by atoms with E-state index < -0.39 is 0 Å². The van der Waals surface area contributed by atoms with Crippen LogP contribution in [0.1, 0.15) is 5.56 Å². The van der Waals surface area contributed by atoms with Gasteiger partial charge in [-0.25, -0.2) is 0 Å². The number of rotatable bonds is 2. The van der Waals surface area contributed by atoms with Gasteiger partial charge in [-0.3, -0.25) is 14.2 Å². The number of aryl methyl sites for hydroxylation is 1. The van der Waals surface area contributed by atoms with Crippen LogP contribution in [0.3, 0.4) is 0 Å². The highest BCUT2D eigenvalue weighted by Crippen LogP contribution is 2.16. The Morgan fingerprint density at radius 2 is 1.95 bits per heavy atom. The van der Waals surface area contributed by atoms with Crippen LogP contribution in [0.2, 0.25) is 0 Å². The van der Waals surface area contributed by atoms with E-state index in [4.69, 9.17) is 4.74 Å². The van der Waals surface area contributed by atoms with E-state index in [1.54, 1.807) is 15.5 Å².